The lowest BCUT2D eigenvalue weighted by atomic mass is 9.97. The van der Waals surface area contributed by atoms with E-state index in [2.05, 4.69) is 0 Å². The zero-order valence-corrected chi connectivity index (χ0v) is 28.0. The van der Waals surface area contributed by atoms with E-state index in [0.717, 1.165) is 24.3 Å². The molecule has 3 aromatic rings. The predicted octanol–water partition coefficient (Wildman–Crippen LogP) is -3.86. The van der Waals surface area contributed by atoms with E-state index < -0.39 is 151 Å². The molecule has 3 saturated heterocycles. The average molecular weight is 773 g/mol. The van der Waals surface area contributed by atoms with Gasteiger partial charge in [0.05, 0.1) is 19.3 Å². The van der Waals surface area contributed by atoms with Crippen molar-refractivity contribution in [2.45, 2.75) is 99.0 Å². The number of rotatable bonds is 9. The van der Waals surface area contributed by atoms with Crippen molar-refractivity contribution in [3.63, 3.8) is 0 Å². The first-order valence-electron chi connectivity index (χ1n) is 16.5. The van der Waals surface area contributed by atoms with Crippen LogP contribution < -0.4 is 10.2 Å². The summed E-state index contributed by atoms with van der Waals surface area (Å²) >= 11 is 0. The normalized spacial score (nSPS) is 37.3. The molecule has 0 bridgehead atoms. The fourth-order valence-corrected chi connectivity index (χ4v) is 6.32. The van der Waals surface area contributed by atoms with Crippen molar-refractivity contribution < 1.29 is 99.2 Å². The van der Waals surface area contributed by atoms with Crippen molar-refractivity contribution in [2.75, 3.05) is 13.2 Å². The van der Waals surface area contributed by atoms with Gasteiger partial charge in [0.1, 0.15) is 89.6 Å². The first-order chi connectivity index (χ1) is 25.5. The number of hydrogen-bond acceptors (Lipinski definition) is 21. The number of benzene rings is 2. The molecule has 2 aromatic carbocycles. The summed E-state index contributed by atoms with van der Waals surface area (Å²) in [4.78, 5) is 13.8. The van der Waals surface area contributed by atoms with Crippen molar-refractivity contribution in [1.29, 1.82) is 0 Å². The topological polar surface area (TPSA) is 349 Å². The number of fused-ring (bicyclic) bond motifs is 1. The fourth-order valence-electron chi connectivity index (χ4n) is 6.32. The van der Waals surface area contributed by atoms with Crippen LogP contribution in [0.4, 0.5) is 0 Å². The Kier molecular flexibility index (Phi) is 11.5. The summed E-state index contributed by atoms with van der Waals surface area (Å²) in [6.45, 7) is -0.138. The maximum Gasteiger partial charge on any atom is 0.239 e. The zero-order chi connectivity index (χ0) is 39.3. The summed E-state index contributed by atoms with van der Waals surface area (Å²) < 4.78 is 39.3. The highest BCUT2D eigenvalue weighted by Gasteiger charge is 2.51. The van der Waals surface area contributed by atoms with Gasteiger partial charge in [0, 0.05) is 17.7 Å². The van der Waals surface area contributed by atoms with Crippen LogP contribution in [0.1, 0.15) is 6.92 Å². The molecule has 0 unspecified atom stereocenters. The zero-order valence-electron chi connectivity index (χ0n) is 28.0. The summed E-state index contributed by atoms with van der Waals surface area (Å²) in [5, 5.41) is 134. The Bertz CT molecular complexity index is 1850. The Hall–Kier alpha value is -3.91. The Labute approximate surface area is 303 Å². The molecular weight excluding hydrogens is 732 g/mol. The molecule has 0 saturated carbocycles. The van der Waals surface area contributed by atoms with E-state index in [-0.39, 0.29) is 11.1 Å². The van der Waals surface area contributed by atoms with Crippen LogP contribution in [-0.4, -0.2) is 172 Å². The Morgan fingerprint density at radius 1 is 0.667 bits per heavy atom. The Morgan fingerprint density at radius 2 is 1.31 bits per heavy atom. The maximum absolute atomic E-state index is 13.8. The average Bonchev–Trinajstić information content (AvgIpc) is 3.13. The highest BCUT2D eigenvalue weighted by atomic mass is 16.7. The van der Waals surface area contributed by atoms with E-state index in [1.807, 2.05) is 0 Å². The third-order valence-corrected chi connectivity index (χ3v) is 9.40. The maximum atomic E-state index is 13.8. The van der Waals surface area contributed by atoms with Crippen LogP contribution >= 0.6 is 0 Å². The molecule has 298 valence electrons. The molecule has 0 aliphatic carbocycles. The van der Waals surface area contributed by atoms with E-state index in [4.69, 9.17) is 32.8 Å². The molecule has 0 spiro atoms. The van der Waals surface area contributed by atoms with Crippen LogP contribution in [0.2, 0.25) is 0 Å². The van der Waals surface area contributed by atoms with Crippen molar-refractivity contribution in [1.82, 2.24) is 0 Å². The van der Waals surface area contributed by atoms with Crippen LogP contribution in [0.3, 0.4) is 0 Å². The quantitative estimate of drug-likeness (QED) is 0.0925. The lowest BCUT2D eigenvalue weighted by Crippen LogP contribution is -2.64. The molecule has 1 aromatic heterocycles. The second-order valence-corrected chi connectivity index (χ2v) is 13.1. The Balaban J connectivity index is 1.23. The van der Waals surface area contributed by atoms with E-state index in [1.54, 1.807) is 0 Å². The molecule has 6 rings (SSSR count). The van der Waals surface area contributed by atoms with E-state index in [9.17, 15) is 71.2 Å². The summed E-state index contributed by atoms with van der Waals surface area (Å²) in [6, 6.07) is 5.10. The number of aliphatic hydroxyl groups is 9. The third-order valence-electron chi connectivity index (χ3n) is 9.40. The molecular formula is C33H40O21. The van der Waals surface area contributed by atoms with Gasteiger partial charge in [-0.05, 0) is 25.1 Å². The number of aliphatic hydroxyl groups excluding tert-OH is 9. The standard InChI is InChI=1S/C33H40O21/c1-9-19(39)29(53-32-25(45)23(43)20(40)16(7-34)51-32)27(47)31(49-9)48-8-17-21(41)24(44)26(46)33(52-17)54-30-22(42)18-14(38)5-11(35)6-15(18)50-28(30)10-2-3-12(36)13(37)4-10/h2-6,9,16-17,19-21,23-27,29,31-41,43-47H,7-8H2,1H3/t9-,16+,17+,19-,20+,21+,23-,24-,25+,26+,27+,29+,31+,32-,33-/m0/s1. The Morgan fingerprint density at radius 3 is 1.98 bits per heavy atom. The van der Waals surface area contributed by atoms with Crippen molar-refractivity contribution in [3.8, 4) is 40.1 Å². The second-order valence-electron chi connectivity index (χ2n) is 13.1. The molecule has 21 heteroatoms. The summed E-state index contributed by atoms with van der Waals surface area (Å²) in [6.07, 6.45) is -26.0. The number of hydrogen-bond donors (Lipinski definition) is 13. The summed E-state index contributed by atoms with van der Waals surface area (Å²) in [7, 11) is 0. The van der Waals surface area contributed by atoms with E-state index in [0.29, 0.717) is 0 Å². The van der Waals surface area contributed by atoms with Gasteiger partial charge in [0.15, 0.2) is 29.8 Å². The number of aromatic hydroxyl groups is 4. The smallest absolute Gasteiger partial charge is 0.239 e. The molecule has 0 radical (unpaired) electrons. The summed E-state index contributed by atoms with van der Waals surface area (Å²) in [5.41, 5.74) is -1.48. The van der Waals surface area contributed by atoms with Gasteiger partial charge < -0.3 is 99.2 Å². The van der Waals surface area contributed by atoms with Crippen LogP contribution in [-0.2, 0) is 23.7 Å². The highest BCUT2D eigenvalue weighted by Crippen LogP contribution is 2.40. The van der Waals surface area contributed by atoms with E-state index >= 15 is 0 Å². The van der Waals surface area contributed by atoms with Gasteiger partial charge in [0.25, 0.3) is 0 Å². The number of phenolic OH excluding ortho intramolecular Hbond substituents is 4. The number of ether oxygens (including phenoxy) is 6. The van der Waals surface area contributed by atoms with Gasteiger partial charge in [-0.2, -0.15) is 0 Å². The van der Waals surface area contributed by atoms with Gasteiger partial charge >= 0.3 is 0 Å². The molecule has 13 N–H and O–H groups in total. The molecule has 15 atom stereocenters. The minimum absolute atomic E-state index is 0.0758. The molecule has 3 aliphatic rings. The largest absolute Gasteiger partial charge is 0.508 e. The number of phenols is 4. The summed E-state index contributed by atoms with van der Waals surface area (Å²) in [5.74, 6) is -3.58. The molecule has 4 heterocycles. The van der Waals surface area contributed by atoms with Gasteiger partial charge in [-0.1, -0.05) is 0 Å². The van der Waals surface area contributed by atoms with Gasteiger partial charge in [-0.3, -0.25) is 4.79 Å². The van der Waals surface area contributed by atoms with Crippen molar-refractivity contribution in [3.05, 3.63) is 40.6 Å². The van der Waals surface area contributed by atoms with Gasteiger partial charge in [0.2, 0.25) is 17.5 Å². The molecule has 21 nitrogen and oxygen atoms in total. The van der Waals surface area contributed by atoms with Crippen LogP contribution in [0.5, 0.6) is 28.7 Å². The van der Waals surface area contributed by atoms with Crippen molar-refractivity contribution in [2.24, 2.45) is 0 Å². The fraction of sp³-hybridized carbons (Fsp3) is 0.545. The minimum atomic E-state index is -2.05. The van der Waals surface area contributed by atoms with Gasteiger partial charge in [-0.25, -0.2) is 0 Å². The first-order valence-corrected chi connectivity index (χ1v) is 16.5. The monoisotopic (exact) mass is 772 g/mol. The molecule has 3 aliphatic heterocycles. The van der Waals surface area contributed by atoms with Gasteiger partial charge in [-0.15, -0.1) is 0 Å². The van der Waals surface area contributed by atoms with E-state index in [1.165, 1.54) is 13.0 Å². The van der Waals surface area contributed by atoms with Crippen LogP contribution in [0.15, 0.2) is 39.5 Å². The first kappa shape index (κ1) is 39.8. The van der Waals surface area contributed by atoms with Crippen LogP contribution in [0.25, 0.3) is 22.3 Å². The predicted molar refractivity (Wildman–Crippen MR) is 173 cm³/mol. The molecule has 0 amide bonds. The second kappa shape index (κ2) is 15.7. The molecule has 3 fully saturated rings. The lowest BCUT2D eigenvalue weighted by molar-refractivity contribution is -0.361. The van der Waals surface area contributed by atoms with Crippen LogP contribution in [0, 0.1) is 0 Å². The third kappa shape index (κ3) is 7.39. The molecule has 54 heavy (non-hydrogen) atoms. The minimum Gasteiger partial charge on any atom is -0.508 e. The SMILES string of the molecule is C[C@@H]1O[C@@H](OC[C@H]2O[C@@H](Oc3c(-c4ccc(O)c(O)c4)oc4cc(O)cc(O)c4c3=O)[C@H](O)[C@@H](O)[C@@H]2O)[C@H](O)[C@H](O[C@@H]2O[C@H](CO)[C@@H](O)[C@H](O)[C@H]2O)[C@H]1O. The highest BCUT2D eigenvalue weighted by molar-refractivity contribution is 5.88. The lowest BCUT2D eigenvalue weighted by Gasteiger charge is -2.46. The van der Waals surface area contributed by atoms with Crippen molar-refractivity contribution >= 4 is 11.0 Å².